The van der Waals surface area contributed by atoms with Gasteiger partial charge >= 0.3 is 0 Å². The van der Waals surface area contributed by atoms with Crippen LogP contribution < -0.4 is 9.47 Å². The number of ether oxygens (including phenoxy) is 2. The Bertz CT molecular complexity index is 540. The van der Waals surface area contributed by atoms with Crippen molar-refractivity contribution in [3.05, 3.63) is 58.1 Å². The van der Waals surface area contributed by atoms with Gasteiger partial charge in [0, 0.05) is 5.88 Å². The minimum Gasteiger partial charge on any atom is -0.497 e. The van der Waals surface area contributed by atoms with Crippen molar-refractivity contribution in [2.45, 2.75) is 12.5 Å². The van der Waals surface area contributed by atoms with E-state index in [1.165, 1.54) is 0 Å². The van der Waals surface area contributed by atoms with E-state index in [0.29, 0.717) is 12.5 Å². The lowest BCUT2D eigenvalue weighted by molar-refractivity contribution is 0.304. The van der Waals surface area contributed by atoms with Crippen molar-refractivity contribution in [1.29, 1.82) is 0 Å². The fourth-order valence-corrected chi connectivity index (χ4v) is 2.33. The minimum absolute atomic E-state index is 0.497. The van der Waals surface area contributed by atoms with Gasteiger partial charge in [0.1, 0.15) is 18.1 Å². The van der Waals surface area contributed by atoms with E-state index in [9.17, 15) is 0 Å². The molecule has 0 fully saturated rings. The second-order valence-electron chi connectivity index (χ2n) is 4.04. The minimum atomic E-state index is 0.497. The van der Waals surface area contributed by atoms with Crippen molar-refractivity contribution < 1.29 is 9.47 Å². The molecule has 0 unspecified atom stereocenters. The molecule has 0 aliphatic rings. The third kappa shape index (κ3) is 3.88. The van der Waals surface area contributed by atoms with Gasteiger partial charge in [0.05, 0.1) is 11.6 Å². The molecule has 0 saturated carbocycles. The second kappa shape index (κ2) is 6.83. The summed E-state index contributed by atoms with van der Waals surface area (Å²) in [6.07, 6.45) is 0. The molecular weight excluding hydrogens is 328 g/mol. The van der Waals surface area contributed by atoms with Gasteiger partial charge < -0.3 is 9.47 Å². The normalized spacial score (nSPS) is 10.3. The monoisotopic (exact) mass is 340 g/mol. The van der Waals surface area contributed by atoms with Crippen LogP contribution in [-0.4, -0.2) is 7.11 Å². The van der Waals surface area contributed by atoms with Crippen LogP contribution in [0, 0.1) is 0 Å². The molecular formula is C15H14BrClO2. The number of alkyl halides is 1. The maximum Gasteiger partial charge on any atom is 0.134 e. The average molecular weight is 342 g/mol. The first-order chi connectivity index (χ1) is 9.22. The smallest absolute Gasteiger partial charge is 0.134 e. The summed E-state index contributed by atoms with van der Waals surface area (Å²) in [6, 6.07) is 13.7. The number of hydrogen-bond acceptors (Lipinski definition) is 2. The van der Waals surface area contributed by atoms with Gasteiger partial charge in [0.2, 0.25) is 0 Å². The first-order valence-electron chi connectivity index (χ1n) is 5.83. The van der Waals surface area contributed by atoms with Crippen LogP contribution in [0.2, 0.25) is 0 Å². The zero-order valence-electron chi connectivity index (χ0n) is 10.5. The third-order valence-electron chi connectivity index (χ3n) is 2.70. The van der Waals surface area contributed by atoms with Gasteiger partial charge in [-0.2, -0.15) is 0 Å². The van der Waals surface area contributed by atoms with Crippen molar-refractivity contribution in [2.75, 3.05) is 7.11 Å². The molecule has 0 radical (unpaired) electrons. The van der Waals surface area contributed by atoms with E-state index in [-0.39, 0.29) is 0 Å². The second-order valence-corrected chi connectivity index (χ2v) is 5.16. The van der Waals surface area contributed by atoms with E-state index >= 15 is 0 Å². The first-order valence-corrected chi connectivity index (χ1v) is 7.16. The van der Waals surface area contributed by atoms with Crippen molar-refractivity contribution in [3.8, 4) is 11.5 Å². The molecule has 0 atom stereocenters. The molecule has 0 aliphatic carbocycles. The molecule has 0 spiro atoms. The number of halogens is 2. The van der Waals surface area contributed by atoms with E-state index in [1.807, 2.05) is 42.5 Å². The molecule has 0 amide bonds. The van der Waals surface area contributed by atoms with Gasteiger partial charge in [-0.15, -0.1) is 11.6 Å². The van der Waals surface area contributed by atoms with Crippen molar-refractivity contribution in [1.82, 2.24) is 0 Å². The number of hydrogen-bond donors (Lipinski definition) is 0. The Morgan fingerprint density at radius 1 is 1.05 bits per heavy atom. The standard InChI is InChI=1S/C15H14BrClO2/c1-18-13-5-2-11(3-6-13)10-19-15-7-4-12(9-17)8-14(15)16/h2-8H,9-10H2,1H3. The van der Waals surface area contributed by atoms with E-state index in [1.54, 1.807) is 7.11 Å². The molecule has 2 aromatic carbocycles. The maximum absolute atomic E-state index is 5.78. The Labute approximate surface area is 126 Å². The lowest BCUT2D eigenvalue weighted by atomic mass is 10.2. The summed E-state index contributed by atoms with van der Waals surface area (Å²) in [5.74, 6) is 2.15. The molecule has 4 heteroatoms. The SMILES string of the molecule is COc1ccc(COc2ccc(CCl)cc2Br)cc1. The predicted octanol–water partition coefficient (Wildman–Crippen LogP) is 4.78. The van der Waals surface area contributed by atoms with Gasteiger partial charge in [0.15, 0.2) is 0 Å². The summed E-state index contributed by atoms with van der Waals surface area (Å²) in [5.41, 5.74) is 2.15. The molecule has 0 saturated heterocycles. The highest BCUT2D eigenvalue weighted by atomic mass is 79.9. The lowest BCUT2D eigenvalue weighted by Crippen LogP contribution is -1.96. The quantitative estimate of drug-likeness (QED) is 0.729. The number of methoxy groups -OCH3 is 1. The van der Waals surface area contributed by atoms with Crippen molar-refractivity contribution in [3.63, 3.8) is 0 Å². The van der Waals surface area contributed by atoms with Crippen LogP contribution in [0.1, 0.15) is 11.1 Å². The third-order valence-corrected chi connectivity index (χ3v) is 3.63. The summed E-state index contributed by atoms with van der Waals surface area (Å²) >= 11 is 9.26. The van der Waals surface area contributed by atoms with Crippen LogP contribution in [-0.2, 0) is 12.5 Å². The maximum atomic E-state index is 5.78. The fraction of sp³-hybridized carbons (Fsp3) is 0.200. The molecule has 100 valence electrons. The van der Waals surface area contributed by atoms with Crippen molar-refractivity contribution in [2.24, 2.45) is 0 Å². The van der Waals surface area contributed by atoms with Gasteiger partial charge in [-0.1, -0.05) is 18.2 Å². The average Bonchev–Trinajstić information content (AvgIpc) is 2.46. The van der Waals surface area contributed by atoms with Crippen LogP contribution >= 0.6 is 27.5 Å². The highest BCUT2D eigenvalue weighted by Gasteiger charge is 2.03. The Hall–Kier alpha value is -1.19. The molecule has 2 rings (SSSR count). The molecule has 2 aromatic rings. The predicted molar refractivity (Wildman–Crippen MR) is 81.0 cm³/mol. The van der Waals surface area contributed by atoms with Crippen LogP contribution in [0.5, 0.6) is 11.5 Å². The molecule has 0 heterocycles. The highest BCUT2D eigenvalue weighted by molar-refractivity contribution is 9.10. The summed E-state index contributed by atoms with van der Waals surface area (Å²) in [7, 11) is 1.65. The fourth-order valence-electron chi connectivity index (χ4n) is 1.63. The molecule has 0 aromatic heterocycles. The lowest BCUT2D eigenvalue weighted by Gasteiger charge is -2.09. The van der Waals surface area contributed by atoms with Crippen molar-refractivity contribution >= 4 is 27.5 Å². The van der Waals surface area contributed by atoms with E-state index in [0.717, 1.165) is 27.1 Å². The summed E-state index contributed by atoms with van der Waals surface area (Å²) < 4.78 is 11.8. The summed E-state index contributed by atoms with van der Waals surface area (Å²) in [4.78, 5) is 0. The number of benzene rings is 2. The van der Waals surface area contributed by atoms with Gasteiger partial charge in [-0.25, -0.2) is 0 Å². The summed E-state index contributed by atoms with van der Waals surface area (Å²) in [5, 5.41) is 0. The number of rotatable bonds is 5. The molecule has 0 N–H and O–H groups in total. The Morgan fingerprint density at radius 2 is 1.74 bits per heavy atom. The topological polar surface area (TPSA) is 18.5 Å². The van der Waals surface area contributed by atoms with Gasteiger partial charge in [-0.3, -0.25) is 0 Å². The van der Waals surface area contributed by atoms with Crippen LogP contribution in [0.25, 0.3) is 0 Å². The highest BCUT2D eigenvalue weighted by Crippen LogP contribution is 2.27. The van der Waals surface area contributed by atoms with Crippen LogP contribution in [0.15, 0.2) is 46.9 Å². The van der Waals surface area contributed by atoms with Crippen LogP contribution in [0.4, 0.5) is 0 Å². The zero-order valence-corrected chi connectivity index (χ0v) is 12.9. The molecule has 2 nitrogen and oxygen atoms in total. The molecule has 0 aliphatic heterocycles. The van der Waals surface area contributed by atoms with E-state index < -0.39 is 0 Å². The van der Waals surface area contributed by atoms with Crippen LogP contribution in [0.3, 0.4) is 0 Å². The van der Waals surface area contributed by atoms with E-state index in [2.05, 4.69) is 15.9 Å². The molecule has 19 heavy (non-hydrogen) atoms. The largest absolute Gasteiger partial charge is 0.497 e. The Morgan fingerprint density at radius 3 is 2.32 bits per heavy atom. The van der Waals surface area contributed by atoms with Gasteiger partial charge in [-0.05, 0) is 51.3 Å². The zero-order chi connectivity index (χ0) is 13.7. The molecule has 0 bridgehead atoms. The first kappa shape index (κ1) is 14.2. The Kier molecular flexibility index (Phi) is 5.11. The summed E-state index contributed by atoms with van der Waals surface area (Å²) in [6.45, 7) is 0.517. The van der Waals surface area contributed by atoms with Gasteiger partial charge in [0.25, 0.3) is 0 Å². The van der Waals surface area contributed by atoms with E-state index in [4.69, 9.17) is 21.1 Å². The Balaban J connectivity index is 2.01.